The number of hydrogen-bond acceptors (Lipinski definition) is 5. The van der Waals surface area contributed by atoms with Crippen LogP contribution in [0.15, 0.2) is 18.2 Å². The standard InChI is InChI=1S/C13H16FNO5/c1-19-11-4-3-8(5-9(11)14)6-12(17)15-10(7-16)13(18)20-2/h3-5,10,16H,6-7H2,1-2H3,(H,15,17)/t10-/m1/s1. The number of hydrogen-bond donors (Lipinski definition) is 2. The van der Waals surface area contributed by atoms with Crippen LogP contribution in [-0.2, 0) is 20.7 Å². The Balaban J connectivity index is 2.66. The van der Waals surface area contributed by atoms with Crippen molar-refractivity contribution in [2.75, 3.05) is 20.8 Å². The Hall–Kier alpha value is -2.15. The van der Waals surface area contributed by atoms with E-state index in [4.69, 9.17) is 9.84 Å². The van der Waals surface area contributed by atoms with Crippen molar-refractivity contribution < 1.29 is 28.6 Å². The molecule has 1 rings (SSSR count). The van der Waals surface area contributed by atoms with Crippen LogP contribution in [-0.4, -0.2) is 43.9 Å². The topological polar surface area (TPSA) is 84.9 Å². The number of methoxy groups -OCH3 is 2. The van der Waals surface area contributed by atoms with Gasteiger partial charge < -0.3 is 19.9 Å². The molecule has 0 heterocycles. The normalized spacial score (nSPS) is 11.6. The van der Waals surface area contributed by atoms with Gasteiger partial charge in [-0.25, -0.2) is 9.18 Å². The molecule has 0 bridgehead atoms. The zero-order chi connectivity index (χ0) is 15.1. The van der Waals surface area contributed by atoms with Crippen LogP contribution < -0.4 is 10.1 Å². The first-order valence-electron chi connectivity index (χ1n) is 5.82. The van der Waals surface area contributed by atoms with Gasteiger partial charge in [-0.05, 0) is 17.7 Å². The fourth-order valence-electron chi connectivity index (χ4n) is 1.57. The number of aliphatic hydroxyl groups excluding tert-OH is 1. The van der Waals surface area contributed by atoms with Crippen molar-refractivity contribution in [3.63, 3.8) is 0 Å². The van der Waals surface area contributed by atoms with Gasteiger partial charge in [-0.15, -0.1) is 0 Å². The van der Waals surface area contributed by atoms with Crippen molar-refractivity contribution >= 4 is 11.9 Å². The number of rotatable bonds is 6. The number of carbonyl (C=O) groups is 2. The van der Waals surface area contributed by atoms with E-state index in [-0.39, 0.29) is 12.2 Å². The summed E-state index contributed by atoms with van der Waals surface area (Å²) in [6, 6.07) is 2.98. The molecule has 2 N–H and O–H groups in total. The summed E-state index contributed by atoms with van der Waals surface area (Å²) in [5.74, 6) is -1.78. The van der Waals surface area contributed by atoms with E-state index in [0.29, 0.717) is 5.56 Å². The molecule has 20 heavy (non-hydrogen) atoms. The van der Waals surface area contributed by atoms with Crippen molar-refractivity contribution in [3.8, 4) is 5.75 Å². The maximum absolute atomic E-state index is 13.4. The maximum Gasteiger partial charge on any atom is 0.330 e. The smallest absolute Gasteiger partial charge is 0.330 e. The molecule has 0 fully saturated rings. The van der Waals surface area contributed by atoms with Crippen LogP contribution >= 0.6 is 0 Å². The van der Waals surface area contributed by atoms with E-state index in [0.717, 1.165) is 7.11 Å². The lowest BCUT2D eigenvalue weighted by Crippen LogP contribution is -2.44. The molecule has 0 aromatic heterocycles. The second-order valence-electron chi connectivity index (χ2n) is 3.97. The minimum Gasteiger partial charge on any atom is -0.494 e. The summed E-state index contributed by atoms with van der Waals surface area (Å²) in [7, 11) is 2.49. The zero-order valence-corrected chi connectivity index (χ0v) is 11.2. The van der Waals surface area contributed by atoms with Crippen LogP contribution in [0, 0.1) is 5.82 Å². The molecule has 0 radical (unpaired) electrons. The molecular formula is C13H16FNO5. The van der Waals surface area contributed by atoms with Crippen LogP contribution in [0.25, 0.3) is 0 Å². The van der Waals surface area contributed by atoms with Gasteiger partial charge >= 0.3 is 5.97 Å². The van der Waals surface area contributed by atoms with Gasteiger partial charge in [0.05, 0.1) is 27.2 Å². The third-order valence-corrected chi connectivity index (χ3v) is 2.58. The molecule has 6 nitrogen and oxygen atoms in total. The fraction of sp³-hybridized carbons (Fsp3) is 0.385. The van der Waals surface area contributed by atoms with E-state index in [1.807, 2.05) is 0 Å². The lowest BCUT2D eigenvalue weighted by Gasteiger charge is -2.13. The summed E-state index contributed by atoms with van der Waals surface area (Å²) in [6.07, 6.45) is -0.131. The molecule has 1 aromatic rings. The highest BCUT2D eigenvalue weighted by molar-refractivity contribution is 5.85. The number of esters is 1. The van der Waals surface area contributed by atoms with Crippen LogP contribution in [0.5, 0.6) is 5.75 Å². The van der Waals surface area contributed by atoms with Crippen LogP contribution in [0.1, 0.15) is 5.56 Å². The Morgan fingerprint density at radius 3 is 2.60 bits per heavy atom. The molecule has 0 aliphatic carbocycles. The number of halogens is 1. The highest BCUT2D eigenvalue weighted by Crippen LogP contribution is 2.17. The summed E-state index contributed by atoms with van der Waals surface area (Å²) in [5.41, 5.74) is 0.419. The molecule has 0 unspecified atom stereocenters. The lowest BCUT2D eigenvalue weighted by molar-refractivity contribution is -0.146. The first kappa shape index (κ1) is 15.9. The fourth-order valence-corrected chi connectivity index (χ4v) is 1.57. The predicted molar refractivity (Wildman–Crippen MR) is 67.7 cm³/mol. The van der Waals surface area contributed by atoms with Crippen LogP contribution in [0.2, 0.25) is 0 Å². The third-order valence-electron chi connectivity index (χ3n) is 2.58. The second kappa shape index (κ2) is 7.44. The van der Waals surface area contributed by atoms with Gasteiger partial charge in [0.1, 0.15) is 0 Å². The summed E-state index contributed by atoms with van der Waals surface area (Å²) in [4.78, 5) is 22.9. The van der Waals surface area contributed by atoms with E-state index >= 15 is 0 Å². The van der Waals surface area contributed by atoms with Crippen molar-refractivity contribution in [3.05, 3.63) is 29.6 Å². The summed E-state index contributed by atoms with van der Waals surface area (Å²) >= 11 is 0. The number of aliphatic hydroxyl groups is 1. The Morgan fingerprint density at radius 1 is 1.40 bits per heavy atom. The first-order valence-corrected chi connectivity index (χ1v) is 5.82. The van der Waals surface area contributed by atoms with Gasteiger partial charge in [-0.3, -0.25) is 4.79 Å². The van der Waals surface area contributed by atoms with E-state index in [1.54, 1.807) is 0 Å². The molecule has 0 aliphatic heterocycles. The molecule has 1 aromatic carbocycles. The largest absolute Gasteiger partial charge is 0.494 e. The quantitative estimate of drug-likeness (QED) is 0.720. The molecule has 0 saturated carbocycles. The van der Waals surface area contributed by atoms with Crippen molar-refractivity contribution in [1.82, 2.24) is 5.32 Å². The summed E-state index contributed by atoms with van der Waals surface area (Å²) < 4.78 is 22.6. The molecule has 0 aliphatic rings. The van der Waals surface area contributed by atoms with Gasteiger partial charge in [-0.2, -0.15) is 0 Å². The predicted octanol–water partition coefficient (Wildman–Crippen LogP) is 0.0269. The molecule has 1 atom stereocenters. The molecule has 7 heteroatoms. The second-order valence-corrected chi connectivity index (χ2v) is 3.97. The number of carbonyl (C=O) groups excluding carboxylic acids is 2. The SMILES string of the molecule is COC(=O)[C@@H](CO)NC(=O)Cc1ccc(OC)c(F)c1. The van der Waals surface area contributed by atoms with Gasteiger partial charge in [0.25, 0.3) is 0 Å². The van der Waals surface area contributed by atoms with E-state index in [9.17, 15) is 14.0 Å². The number of ether oxygens (including phenoxy) is 2. The summed E-state index contributed by atoms with van der Waals surface area (Å²) in [5, 5.41) is 11.3. The van der Waals surface area contributed by atoms with Gasteiger partial charge in [0.2, 0.25) is 5.91 Å². The Labute approximate surface area is 115 Å². The first-order chi connectivity index (χ1) is 9.51. The molecule has 0 spiro atoms. The highest BCUT2D eigenvalue weighted by atomic mass is 19.1. The van der Waals surface area contributed by atoms with Gasteiger partial charge in [0, 0.05) is 0 Å². The number of benzene rings is 1. The zero-order valence-electron chi connectivity index (χ0n) is 11.2. The van der Waals surface area contributed by atoms with E-state index in [2.05, 4.69) is 10.1 Å². The highest BCUT2D eigenvalue weighted by Gasteiger charge is 2.20. The van der Waals surface area contributed by atoms with Crippen molar-refractivity contribution in [1.29, 1.82) is 0 Å². The van der Waals surface area contributed by atoms with E-state index < -0.39 is 30.3 Å². The number of amides is 1. The monoisotopic (exact) mass is 285 g/mol. The number of nitrogens with one attached hydrogen (secondary N) is 1. The minimum atomic E-state index is -1.13. The molecular weight excluding hydrogens is 269 g/mol. The average molecular weight is 285 g/mol. The van der Waals surface area contributed by atoms with Crippen molar-refractivity contribution in [2.24, 2.45) is 0 Å². The van der Waals surface area contributed by atoms with Crippen LogP contribution in [0.3, 0.4) is 0 Å². The Kier molecular flexibility index (Phi) is 5.92. The Bertz CT molecular complexity index is 492. The van der Waals surface area contributed by atoms with Gasteiger partial charge in [0.15, 0.2) is 17.6 Å². The van der Waals surface area contributed by atoms with Crippen LogP contribution in [0.4, 0.5) is 4.39 Å². The van der Waals surface area contributed by atoms with Crippen molar-refractivity contribution in [2.45, 2.75) is 12.5 Å². The molecule has 1 amide bonds. The third kappa shape index (κ3) is 4.20. The lowest BCUT2D eigenvalue weighted by atomic mass is 10.1. The molecule has 110 valence electrons. The average Bonchev–Trinajstić information content (AvgIpc) is 2.44. The Morgan fingerprint density at radius 2 is 2.10 bits per heavy atom. The van der Waals surface area contributed by atoms with E-state index in [1.165, 1.54) is 25.3 Å². The van der Waals surface area contributed by atoms with Gasteiger partial charge in [-0.1, -0.05) is 6.07 Å². The molecule has 0 saturated heterocycles. The maximum atomic E-state index is 13.4. The minimum absolute atomic E-state index is 0.0805. The summed E-state index contributed by atoms with van der Waals surface area (Å²) in [6.45, 7) is -0.574.